The van der Waals surface area contributed by atoms with E-state index in [1.54, 1.807) is 11.0 Å². The molecule has 2 aromatic heterocycles. The molecule has 0 aromatic carbocycles. The van der Waals surface area contributed by atoms with Gasteiger partial charge in [-0.3, -0.25) is 0 Å². The minimum Gasteiger partial charge on any atom is -0.431 e. The van der Waals surface area contributed by atoms with Crippen molar-refractivity contribution in [1.82, 2.24) is 15.0 Å². The Morgan fingerprint density at radius 2 is 2.03 bits per heavy atom. The average Bonchev–Trinajstić information content (AvgIpc) is 3.42. The highest BCUT2D eigenvalue weighted by Crippen LogP contribution is 2.38. The Morgan fingerprint density at radius 3 is 2.66 bits per heavy atom. The molecule has 5 heterocycles. The predicted octanol–water partition coefficient (Wildman–Crippen LogP) is 1.65. The number of rotatable bonds is 5. The van der Waals surface area contributed by atoms with E-state index in [4.69, 9.17) is 5.73 Å². The number of anilines is 3. The van der Waals surface area contributed by atoms with E-state index in [-0.39, 0.29) is 35.9 Å². The van der Waals surface area contributed by atoms with Crippen molar-refractivity contribution in [3.8, 4) is 17.0 Å². The second-order valence-electron chi connectivity index (χ2n) is 8.22. The Bertz CT molecular complexity index is 1150. The van der Waals surface area contributed by atoms with Crippen LogP contribution < -0.4 is 20.3 Å². The van der Waals surface area contributed by atoms with Gasteiger partial charge in [-0.1, -0.05) is 0 Å². The number of alkyl halides is 3. The maximum absolute atomic E-state index is 13.8. The Hall–Kier alpha value is -2.83. The van der Waals surface area contributed by atoms with Gasteiger partial charge in [-0.2, -0.15) is 13.8 Å². The molecule has 3 saturated heterocycles. The SMILES string of the molecule is Nc1ncc(-c2cc(N3C[C@@H]4C[C@H]3CS4(=O)=O)nc(N3CC[C@@H](F)C3)n2)cc1OC(F)F. The number of hydrogen-bond donors (Lipinski definition) is 1. The molecule has 3 aliphatic rings. The molecule has 9 nitrogen and oxygen atoms in total. The lowest BCUT2D eigenvalue weighted by atomic mass is 10.2. The number of sulfone groups is 1. The molecule has 0 spiro atoms. The molecule has 2 N–H and O–H groups in total. The maximum Gasteiger partial charge on any atom is 0.387 e. The van der Waals surface area contributed by atoms with Crippen molar-refractivity contribution >= 4 is 27.4 Å². The largest absolute Gasteiger partial charge is 0.431 e. The van der Waals surface area contributed by atoms with Crippen LogP contribution in [0.1, 0.15) is 12.8 Å². The number of pyridine rings is 1. The first-order chi connectivity index (χ1) is 15.2. The first kappa shape index (κ1) is 21.0. The Labute approximate surface area is 182 Å². The van der Waals surface area contributed by atoms with Gasteiger partial charge in [-0.25, -0.2) is 22.8 Å². The van der Waals surface area contributed by atoms with Gasteiger partial charge in [0.25, 0.3) is 0 Å². The summed E-state index contributed by atoms with van der Waals surface area (Å²) in [7, 11) is -3.10. The minimum absolute atomic E-state index is 0.0540. The summed E-state index contributed by atoms with van der Waals surface area (Å²) in [4.78, 5) is 16.7. The quantitative estimate of drug-likeness (QED) is 0.697. The number of fused-ring (bicyclic) bond motifs is 2. The summed E-state index contributed by atoms with van der Waals surface area (Å²) in [5, 5.41) is -0.444. The van der Waals surface area contributed by atoms with Crippen LogP contribution in [0, 0.1) is 0 Å². The van der Waals surface area contributed by atoms with Gasteiger partial charge in [0.2, 0.25) is 5.95 Å². The Kier molecular flexibility index (Phi) is 5.02. The van der Waals surface area contributed by atoms with Crippen molar-refractivity contribution in [2.75, 3.05) is 40.9 Å². The van der Waals surface area contributed by atoms with Crippen LogP contribution in [-0.2, 0) is 9.84 Å². The number of aromatic nitrogens is 3. The molecule has 2 aromatic rings. The minimum atomic E-state index is -3.10. The lowest BCUT2D eigenvalue weighted by Crippen LogP contribution is -2.41. The third-order valence-corrected chi connectivity index (χ3v) is 8.32. The van der Waals surface area contributed by atoms with E-state index >= 15 is 0 Å². The molecule has 3 aliphatic heterocycles. The second kappa shape index (κ2) is 7.64. The second-order valence-corrected chi connectivity index (χ2v) is 10.5. The van der Waals surface area contributed by atoms with Crippen LogP contribution in [-0.4, -0.2) is 72.8 Å². The normalized spacial score (nSPS) is 26.3. The molecule has 0 unspecified atom stereocenters. The van der Waals surface area contributed by atoms with Crippen molar-refractivity contribution in [3.05, 3.63) is 18.3 Å². The van der Waals surface area contributed by atoms with Crippen LogP contribution in [0.2, 0.25) is 0 Å². The molecule has 2 bridgehead atoms. The van der Waals surface area contributed by atoms with Gasteiger partial charge < -0.3 is 20.3 Å². The van der Waals surface area contributed by atoms with Crippen LogP contribution >= 0.6 is 0 Å². The fourth-order valence-corrected chi connectivity index (χ4v) is 6.55. The van der Waals surface area contributed by atoms with Crippen LogP contribution in [0.3, 0.4) is 0 Å². The van der Waals surface area contributed by atoms with Gasteiger partial charge in [0, 0.05) is 37.0 Å². The molecular formula is C19H21F3N6O3S. The zero-order chi connectivity index (χ0) is 22.6. The zero-order valence-electron chi connectivity index (χ0n) is 16.9. The Balaban J connectivity index is 1.55. The molecule has 3 atom stereocenters. The van der Waals surface area contributed by atoms with Crippen LogP contribution in [0.25, 0.3) is 11.3 Å². The van der Waals surface area contributed by atoms with E-state index in [2.05, 4.69) is 19.7 Å². The molecular weight excluding hydrogens is 449 g/mol. The summed E-state index contributed by atoms with van der Waals surface area (Å²) < 4.78 is 68.0. The van der Waals surface area contributed by atoms with E-state index in [0.717, 1.165) is 0 Å². The topological polar surface area (TPSA) is 115 Å². The molecule has 0 saturated carbocycles. The van der Waals surface area contributed by atoms with E-state index in [1.165, 1.54) is 12.3 Å². The lowest BCUT2D eigenvalue weighted by molar-refractivity contribution is -0.0494. The summed E-state index contributed by atoms with van der Waals surface area (Å²) >= 11 is 0. The molecule has 32 heavy (non-hydrogen) atoms. The Morgan fingerprint density at radius 1 is 1.22 bits per heavy atom. The summed E-state index contributed by atoms with van der Waals surface area (Å²) in [5.74, 6) is 0.374. The molecule has 0 aliphatic carbocycles. The third-order valence-electron chi connectivity index (χ3n) is 6.11. The summed E-state index contributed by atoms with van der Waals surface area (Å²) in [6, 6.07) is 2.77. The molecule has 5 rings (SSSR count). The standard InChI is InChI=1S/C19H21F3N6O3S/c20-11-1-2-27(7-11)19-25-14(10-3-15(31-18(21)22)17(23)24-6-10)5-16(26-19)28-8-13-4-12(28)9-32(13,29)30/h3,5-6,11-13,18H,1-2,4,7-9H2,(H2,23,24)/t11-,12+,13+/m1/s1. The monoisotopic (exact) mass is 470 g/mol. The van der Waals surface area contributed by atoms with Crippen molar-refractivity contribution in [2.24, 2.45) is 0 Å². The zero-order valence-corrected chi connectivity index (χ0v) is 17.7. The average molecular weight is 470 g/mol. The fourth-order valence-electron chi connectivity index (χ4n) is 4.52. The first-order valence-electron chi connectivity index (χ1n) is 10.2. The van der Waals surface area contributed by atoms with Gasteiger partial charge in [0.1, 0.15) is 12.0 Å². The summed E-state index contributed by atoms with van der Waals surface area (Å²) in [6.45, 7) is -2.18. The van der Waals surface area contributed by atoms with Gasteiger partial charge in [0.05, 0.1) is 23.2 Å². The van der Waals surface area contributed by atoms with Crippen LogP contribution in [0.4, 0.5) is 30.8 Å². The van der Waals surface area contributed by atoms with E-state index in [9.17, 15) is 21.6 Å². The van der Waals surface area contributed by atoms with E-state index < -0.39 is 27.9 Å². The highest BCUT2D eigenvalue weighted by atomic mass is 32.2. The van der Waals surface area contributed by atoms with Crippen LogP contribution in [0.5, 0.6) is 5.75 Å². The number of nitrogens with zero attached hydrogens (tertiary/aromatic N) is 5. The lowest BCUT2D eigenvalue weighted by Gasteiger charge is -2.29. The van der Waals surface area contributed by atoms with Crippen molar-refractivity contribution in [2.45, 2.75) is 36.9 Å². The third kappa shape index (κ3) is 3.78. The van der Waals surface area contributed by atoms with Crippen molar-refractivity contribution < 1.29 is 26.3 Å². The number of nitrogens with two attached hydrogens (primary N) is 1. The van der Waals surface area contributed by atoms with E-state index in [0.29, 0.717) is 43.0 Å². The van der Waals surface area contributed by atoms with Gasteiger partial charge in [-0.15, -0.1) is 0 Å². The van der Waals surface area contributed by atoms with Crippen molar-refractivity contribution in [1.29, 1.82) is 0 Å². The summed E-state index contributed by atoms with van der Waals surface area (Å²) in [5.41, 5.74) is 6.37. The predicted molar refractivity (Wildman–Crippen MR) is 111 cm³/mol. The highest BCUT2D eigenvalue weighted by Gasteiger charge is 2.49. The number of ether oxygens (including phenoxy) is 1. The molecule has 0 radical (unpaired) electrons. The molecule has 0 amide bonds. The molecule has 172 valence electrons. The van der Waals surface area contributed by atoms with Gasteiger partial charge in [-0.05, 0) is 18.9 Å². The smallest absolute Gasteiger partial charge is 0.387 e. The summed E-state index contributed by atoms with van der Waals surface area (Å²) in [6.07, 6.45) is 1.27. The molecule has 3 fully saturated rings. The van der Waals surface area contributed by atoms with Gasteiger partial charge in [0.15, 0.2) is 21.4 Å². The molecule has 13 heteroatoms. The van der Waals surface area contributed by atoms with Crippen LogP contribution in [0.15, 0.2) is 18.3 Å². The van der Waals surface area contributed by atoms with Crippen molar-refractivity contribution in [3.63, 3.8) is 0 Å². The first-order valence-corrected chi connectivity index (χ1v) is 11.9. The maximum atomic E-state index is 13.8. The fraction of sp³-hybridized carbons (Fsp3) is 0.526. The van der Waals surface area contributed by atoms with Gasteiger partial charge >= 0.3 is 6.61 Å². The number of hydrogen-bond acceptors (Lipinski definition) is 9. The van der Waals surface area contributed by atoms with E-state index in [1.807, 2.05) is 4.90 Å². The number of halogens is 3. The highest BCUT2D eigenvalue weighted by molar-refractivity contribution is 7.92. The number of nitrogen functional groups attached to an aromatic ring is 1.